The molecule has 0 atom stereocenters. The highest BCUT2D eigenvalue weighted by Gasteiger charge is 2.42. The van der Waals surface area contributed by atoms with Crippen molar-refractivity contribution in [1.82, 2.24) is 4.90 Å². The monoisotopic (exact) mass is 386 g/mol. The van der Waals surface area contributed by atoms with Crippen molar-refractivity contribution in [3.8, 4) is 11.5 Å². The molecule has 1 heterocycles. The van der Waals surface area contributed by atoms with Crippen LogP contribution >= 0.6 is 0 Å². The Morgan fingerprint density at radius 3 is 2.61 bits per heavy atom. The summed E-state index contributed by atoms with van der Waals surface area (Å²) in [6.45, 7) is 10.3. The van der Waals surface area contributed by atoms with E-state index in [1.807, 2.05) is 18.2 Å². The average Bonchev–Trinajstić information content (AvgIpc) is 3.21. The van der Waals surface area contributed by atoms with E-state index in [1.165, 1.54) is 12.8 Å². The van der Waals surface area contributed by atoms with Gasteiger partial charge in [0.25, 0.3) is 5.54 Å². The number of ether oxygens (including phenoxy) is 2. The Bertz CT molecular complexity index is 714. The third kappa shape index (κ3) is 4.77. The molecule has 1 saturated carbocycles. The van der Waals surface area contributed by atoms with Crippen molar-refractivity contribution in [2.45, 2.75) is 63.0 Å². The largest absolute Gasteiger partial charge is 0.493 e. The SMILES string of the molecule is [C-]#[N+]C1(c2ccc(OC)c(OC3CCCC3)c2)CCN(CCCC(=O)O)CC1. The molecule has 152 valence electrons. The van der Waals surface area contributed by atoms with Crippen molar-refractivity contribution in [1.29, 1.82) is 0 Å². The van der Waals surface area contributed by atoms with Crippen LogP contribution in [0.25, 0.3) is 4.85 Å². The Morgan fingerprint density at radius 1 is 1.29 bits per heavy atom. The van der Waals surface area contributed by atoms with Gasteiger partial charge in [-0.25, -0.2) is 6.57 Å². The molecule has 0 amide bonds. The summed E-state index contributed by atoms with van der Waals surface area (Å²) < 4.78 is 11.7. The maximum Gasteiger partial charge on any atom is 0.303 e. The van der Waals surface area contributed by atoms with Crippen LogP contribution in [0.4, 0.5) is 0 Å². The second-order valence-corrected chi connectivity index (χ2v) is 7.87. The van der Waals surface area contributed by atoms with Crippen LogP contribution in [0, 0.1) is 6.57 Å². The fraction of sp³-hybridized carbons (Fsp3) is 0.636. The van der Waals surface area contributed by atoms with Gasteiger partial charge in [0, 0.05) is 37.9 Å². The summed E-state index contributed by atoms with van der Waals surface area (Å²) in [5.74, 6) is 0.723. The van der Waals surface area contributed by atoms with Crippen LogP contribution in [0.3, 0.4) is 0 Å². The van der Waals surface area contributed by atoms with Gasteiger partial charge in [-0.1, -0.05) is 0 Å². The number of benzene rings is 1. The van der Waals surface area contributed by atoms with Crippen LogP contribution in [-0.2, 0) is 10.3 Å². The van der Waals surface area contributed by atoms with Gasteiger partial charge < -0.3 is 24.3 Å². The smallest absolute Gasteiger partial charge is 0.303 e. The second kappa shape index (κ2) is 9.29. The fourth-order valence-electron chi connectivity index (χ4n) is 4.31. The van der Waals surface area contributed by atoms with E-state index in [9.17, 15) is 4.79 Å². The van der Waals surface area contributed by atoms with Gasteiger partial charge >= 0.3 is 5.97 Å². The molecule has 1 aliphatic carbocycles. The summed E-state index contributed by atoms with van der Waals surface area (Å²) in [5, 5.41) is 8.80. The van der Waals surface area contributed by atoms with Gasteiger partial charge in [-0.05, 0) is 56.8 Å². The molecule has 0 spiro atoms. The lowest BCUT2D eigenvalue weighted by atomic mass is 9.81. The molecule has 2 aliphatic rings. The van der Waals surface area contributed by atoms with E-state index in [1.54, 1.807) is 7.11 Å². The molecular formula is C22H30N2O4. The molecule has 1 aromatic carbocycles. The summed E-state index contributed by atoms with van der Waals surface area (Å²) in [6.07, 6.45) is 7.15. The highest BCUT2D eigenvalue weighted by atomic mass is 16.5. The van der Waals surface area contributed by atoms with E-state index in [4.69, 9.17) is 21.2 Å². The molecule has 0 radical (unpaired) electrons. The molecular weight excluding hydrogens is 356 g/mol. The Labute approximate surface area is 167 Å². The van der Waals surface area contributed by atoms with Crippen molar-refractivity contribution in [2.24, 2.45) is 0 Å². The number of piperidine rings is 1. The first-order valence-corrected chi connectivity index (χ1v) is 10.2. The minimum absolute atomic E-state index is 0.199. The summed E-state index contributed by atoms with van der Waals surface area (Å²) >= 11 is 0. The predicted molar refractivity (Wildman–Crippen MR) is 107 cm³/mol. The number of rotatable bonds is 8. The maximum absolute atomic E-state index is 10.7. The Morgan fingerprint density at radius 2 is 2.00 bits per heavy atom. The molecule has 1 N–H and O–H groups in total. The molecule has 1 aromatic rings. The molecule has 0 aromatic heterocycles. The van der Waals surface area contributed by atoms with E-state index in [-0.39, 0.29) is 12.5 Å². The van der Waals surface area contributed by atoms with Crippen LogP contribution in [0.5, 0.6) is 11.5 Å². The van der Waals surface area contributed by atoms with Crippen LogP contribution < -0.4 is 9.47 Å². The predicted octanol–water partition coefficient (Wildman–Crippen LogP) is 4.09. The third-order valence-electron chi connectivity index (χ3n) is 6.06. The van der Waals surface area contributed by atoms with E-state index < -0.39 is 11.5 Å². The molecule has 0 unspecified atom stereocenters. The van der Waals surface area contributed by atoms with E-state index in [0.29, 0.717) is 6.42 Å². The van der Waals surface area contributed by atoms with Crippen LogP contribution in [0.2, 0.25) is 0 Å². The summed E-state index contributed by atoms with van der Waals surface area (Å²) in [4.78, 5) is 17.0. The van der Waals surface area contributed by atoms with Gasteiger partial charge in [0.15, 0.2) is 11.5 Å². The highest BCUT2D eigenvalue weighted by molar-refractivity contribution is 5.66. The molecule has 1 aliphatic heterocycles. The molecule has 2 fully saturated rings. The minimum atomic E-state index is -0.750. The standard InChI is InChI=1S/C22H30N2O4/c1-23-22(11-14-24(15-12-22)13-5-8-21(25)26)17-9-10-19(27-2)20(16-17)28-18-6-3-4-7-18/h9-10,16,18H,3-8,11-15H2,2H3,(H,25,26). The summed E-state index contributed by atoms with van der Waals surface area (Å²) in [5.41, 5.74) is 0.463. The van der Waals surface area contributed by atoms with Crippen molar-refractivity contribution in [3.05, 3.63) is 35.2 Å². The Kier molecular flexibility index (Phi) is 6.79. The number of likely N-dealkylation sites (tertiary alicyclic amines) is 1. The van der Waals surface area contributed by atoms with Crippen molar-refractivity contribution in [2.75, 3.05) is 26.7 Å². The van der Waals surface area contributed by atoms with Gasteiger partial charge in [0.2, 0.25) is 0 Å². The first-order valence-electron chi connectivity index (χ1n) is 10.2. The number of carboxylic acids is 1. The first-order chi connectivity index (χ1) is 13.6. The topological polar surface area (TPSA) is 63.4 Å². The van der Waals surface area contributed by atoms with Crippen molar-refractivity contribution >= 4 is 5.97 Å². The minimum Gasteiger partial charge on any atom is -0.493 e. The van der Waals surface area contributed by atoms with Crippen molar-refractivity contribution < 1.29 is 19.4 Å². The summed E-state index contributed by atoms with van der Waals surface area (Å²) in [6, 6.07) is 5.93. The maximum atomic E-state index is 10.7. The highest BCUT2D eigenvalue weighted by Crippen LogP contribution is 2.41. The second-order valence-electron chi connectivity index (χ2n) is 7.87. The van der Waals surface area contributed by atoms with Gasteiger partial charge in [-0.2, -0.15) is 0 Å². The lowest BCUT2D eigenvalue weighted by Crippen LogP contribution is -2.41. The summed E-state index contributed by atoms with van der Waals surface area (Å²) in [7, 11) is 1.65. The average molecular weight is 386 g/mol. The Hall–Kier alpha value is -2.26. The van der Waals surface area contributed by atoms with E-state index in [0.717, 1.165) is 62.4 Å². The fourth-order valence-corrected chi connectivity index (χ4v) is 4.31. The van der Waals surface area contributed by atoms with Crippen LogP contribution in [-0.4, -0.2) is 48.8 Å². The van der Waals surface area contributed by atoms with Crippen molar-refractivity contribution in [3.63, 3.8) is 0 Å². The van der Waals surface area contributed by atoms with Gasteiger partial charge in [0.1, 0.15) is 0 Å². The molecule has 0 bridgehead atoms. The zero-order valence-electron chi connectivity index (χ0n) is 16.7. The molecule has 6 nitrogen and oxygen atoms in total. The quantitative estimate of drug-likeness (QED) is 0.682. The van der Waals surface area contributed by atoms with Crippen LogP contribution in [0.1, 0.15) is 56.9 Å². The van der Waals surface area contributed by atoms with Gasteiger partial charge in [0.05, 0.1) is 13.2 Å². The van der Waals surface area contributed by atoms with E-state index >= 15 is 0 Å². The molecule has 28 heavy (non-hydrogen) atoms. The van der Waals surface area contributed by atoms with E-state index in [2.05, 4.69) is 9.74 Å². The first kappa shape index (κ1) is 20.5. The lowest BCUT2D eigenvalue weighted by Gasteiger charge is -2.34. The number of hydrogen-bond acceptors (Lipinski definition) is 4. The molecule has 1 saturated heterocycles. The molecule has 6 heteroatoms. The Balaban J connectivity index is 1.70. The zero-order valence-corrected chi connectivity index (χ0v) is 16.7. The number of hydrogen-bond donors (Lipinski definition) is 1. The lowest BCUT2D eigenvalue weighted by molar-refractivity contribution is -0.137. The number of methoxy groups -OCH3 is 1. The number of aliphatic carboxylic acids is 1. The third-order valence-corrected chi connectivity index (χ3v) is 6.06. The normalized spacial score (nSPS) is 19.9. The van der Waals surface area contributed by atoms with Gasteiger partial charge in [-0.15, -0.1) is 0 Å². The van der Waals surface area contributed by atoms with Crippen LogP contribution in [0.15, 0.2) is 18.2 Å². The molecule has 3 rings (SSSR count). The zero-order chi connectivity index (χ0) is 20.0. The van der Waals surface area contributed by atoms with Gasteiger partial charge in [-0.3, -0.25) is 4.79 Å². The number of carboxylic acid groups (broad SMARTS) is 1. The number of carbonyl (C=O) groups is 1. The number of nitrogens with zero attached hydrogens (tertiary/aromatic N) is 2.